The summed E-state index contributed by atoms with van der Waals surface area (Å²) in [5.41, 5.74) is 6.94. The normalized spacial score (nSPS) is 11.2. The number of methoxy groups -OCH3 is 1. The minimum atomic E-state index is 0.112. The van der Waals surface area contributed by atoms with Crippen LogP contribution < -0.4 is 15.2 Å². The van der Waals surface area contributed by atoms with Crippen molar-refractivity contribution < 1.29 is 9.47 Å². The fraction of sp³-hybridized carbons (Fsp3) is 0.333. The Labute approximate surface area is 118 Å². The summed E-state index contributed by atoms with van der Waals surface area (Å²) in [5, 5.41) is 0. The van der Waals surface area contributed by atoms with Crippen LogP contribution in [0.3, 0.4) is 0 Å². The number of nitrogens with zero attached hydrogens (tertiary/aromatic N) is 2. The lowest BCUT2D eigenvalue weighted by Crippen LogP contribution is -2.10. The number of anilines is 1. The van der Waals surface area contributed by atoms with Crippen molar-refractivity contribution in [2.75, 3.05) is 12.8 Å². The van der Waals surface area contributed by atoms with Crippen molar-refractivity contribution in [1.82, 2.24) is 9.97 Å². The Morgan fingerprint density at radius 1 is 1.00 bits per heavy atom. The molecule has 0 atom stereocenters. The van der Waals surface area contributed by atoms with E-state index in [1.165, 1.54) is 12.7 Å². The van der Waals surface area contributed by atoms with Crippen LogP contribution >= 0.6 is 0 Å². The molecule has 0 fully saturated rings. The topological polar surface area (TPSA) is 70.3 Å². The van der Waals surface area contributed by atoms with Gasteiger partial charge < -0.3 is 15.2 Å². The fourth-order valence-corrected chi connectivity index (χ4v) is 1.72. The molecule has 2 aromatic rings. The Bertz CT molecular complexity index is 589. The van der Waals surface area contributed by atoms with E-state index in [2.05, 4.69) is 30.7 Å². The Kier molecular flexibility index (Phi) is 3.79. The highest BCUT2D eigenvalue weighted by molar-refractivity contribution is 5.36. The molecular formula is C15H19N3O2. The second kappa shape index (κ2) is 5.36. The largest absolute Gasteiger partial charge is 0.481 e. The monoisotopic (exact) mass is 273 g/mol. The predicted octanol–water partition coefficient (Wildman–Crippen LogP) is 3.16. The minimum Gasteiger partial charge on any atom is -0.481 e. The highest BCUT2D eigenvalue weighted by atomic mass is 16.5. The highest BCUT2D eigenvalue weighted by Gasteiger charge is 2.13. The van der Waals surface area contributed by atoms with Crippen LogP contribution in [0.2, 0.25) is 0 Å². The van der Waals surface area contributed by atoms with E-state index in [0.717, 1.165) is 0 Å². The first-order valence-electron chi connectivity index (χ1n) is 6.35. The summed E-state index contributed by atoms with van der Waals surface area (Å²) in [7, 11) is 1.52. The third-order valence-electron chi connectivity index (χ3n) is 2.85. The van der Waals surface area contributed by atoms with Crippen LogP contribution in [-0.2, 0) is 5.41 Å². The summed E-state index contributed by atoms with van der Waals surface area (Å²) in [4.78, 5) is 7.92. The van der Waals surface area contributed by atoms with Crippen molar-refractivity contribution in [3.8, 4) is 17.5 Å². The maximum Gasteiger partial charge on any atom is 0.227 e. The lowest BCUT2D eigenvalue weighted by molar-refractivity contribution is 0.389. The van der Waals surface area contributed by atoms with Crippen molar-refractivity contribution in [3.05, 3.63) is 35.9 Å². The second-order valence-electron chi connectivity index (χ2n) is 5.48. The van der Waals surface area contributed by atoms with Crippen LogP contribution in [0.5, 0.6) is 17.5 Å². The quantitative estimate of drug-likeness (QED) is 0.930. The van der Waals surface area contributed by atoms with E-state index in [1.54, 1.807) is 6.07 Å². The molecule has 5 heteroatoms. The smallest absolute Gasteiger partial charge is 0.227 e. The Morgan fingerprint density at radius 2 is 1.60 bits per heavy atom. The van der Waals surface area contributed by atoms with Crippen molar-refractivity contribution in [2.45, 2.75) is 26.2 Å². The molecule has 2 N–H and O–H groups in total. The van der Waals surface area contributed by atoms with Crippen LogP contribution in [-0.4, -0.2) is 17.1 Å². The standard InChI is InChI=1S/C15H19N3O2/c1-15(2,3)10-5-7-11(8-6-10)20-13-9-12(19-4)17-14(16)18-13/h5-9H,1-4H3,(H2,16,17,18). The lowest BCUT2D eigenvalue weighted by Gasteiger charge is -2.19. The van der Waals surface area contributed by atoms with Gasteiger partial charge in [-0.1, -0.05) is 32.9 Å². The van der Waals surface area contributed by atoms with E-state index < -0.39 is 0 Å². The van der Waals surface area contributed by atoms with Gasteiger partial charge in [0.15, 0.2) is 0 Å². The van der Waals surface area contributed by atoms with E-state index in [4.69, 9.17) is 15.2 Å². The third-order valence-corrected chi connectivity index (χ3v) is 2.85. The van der Waals surface area contributed by atoms with Gasteiger partial charge in [-0.25, -0.2) is 0 Å². The summed E-state index contributed by atoms with van der Waals surface area (Å²) in [6.45, 7) is 6.50. The number of nitrogens with two attached hydrogens (primary N) is 1. The van der Waals surface area contributed by atoms with E-state index >= 15 is 0 Å². The molecule has 1 aromatic carbocycles. The van der Waals surface area contributed by atoms with Gasteiger partial charge in [0.05, 0.1) is 13.2 Å². The minimum absolute atomic E-state index is 0.112. The van der Waals surface area contributed by atoms with Crippen LogP contribution in [0.25, 0.3) is 0 Å². The van der Waals surface area contributed by atoms with Crippen molar-refractivity contribution >= 4 is 5.95 Å². The van der Waals surface area contributed by atoms with Crippen LogP contribution in [0.1, 0.15) is 26.3 Å². The average molecular weight is 273 g/mol. The first-order valence-corrected chi connectivity index (χ1v) is 6.35. The zero-order valence-electron chi connectivity index (χ0n) is 12.2. The molecule has 0 bridgehead atoms. The van der Waals surface area contributed by atoms with Crippen LogP contribution in [0.4, 0.5) is 5.95 Å². The fourth-order valence-electron chi connectivity index (χ4n) is 1.72. The molecule has 0 saturated heterocycles. The molecule has 0 aliphatic rings. The summed E-state index contributed by atoms with van der Waals surface area (Å²) < 4.78 is 10.7. The molecule has 0 radical (unpaired) electrons. The van der Waals surface area contributed by atoms with Gasteiger partial charge in [-0.05, 0) is 23.1 Å². The molecule has 0 aliphatic heterocycles. The SMILES string of the molecule is COc1cc(Oc2ccc(C(C)(C)C)cc2)nc(N)n1. The molecule has 20 heavy (non-hydrogen) atoms. The molecule has 1 heterocycles. The van der Waals surface area contributed by atoms with Crippen LogP contribution in [0, 0.1) is 0 Å². The highest BCUT2D eigenvalue weighted by Crippen LogP contribution is 2.27. The third kappa shape index (κ3) is 3.38. The molecule has 0 spiro atoms. The number of nitrogen functional groups attached to an aromatic ring is 1. The molecule has 106 valence electrons. The van der Waals surface area contributed by atoms with Gasteiger partial charge in [0.2, 0.25) is 17.7 Å². The van der Waals surface area contributed by atoms with Gasteiger partial charge in [-0.3, -0.25) is 0 Å². The zero-order chi connectivity index (χ0) is 14.8. The zero-order valence-corrected chi connectivity index (χ0v) is 12.2. The maximum atomic E-state index is 5.66. The van der Waals surface area contributed by atoms with Crippen LogP contribution in [0.15, 0.2) is 30.3 Å². The van der Waals surface area contributed by atoms with Crippen molar-refractivity contribution in [2.24, 2.45) is 0 Å². The molecule has 0 aliphatic carbocycles. The molecule has 2 rings (SSSR count). The number of rotatable bonds is 3. The van der Waals surface area contributed by atoms with Crippen molar-refractivity contribution in [3.63, 3.8) is 0 Å². The van der Waals surface area contributed by atoms with E-state index in [-0.39, 0.29) is 11.4 Å². The average Bonchev–Trinajstić information content (AvgIpc) is 2.37. The van der Waals surface area contributed by atoms with Gasteiger partial charge in [0, 0.05) is 0 Å². The first kappa shape index (κ1) is 14.1. The molecule has 5 nitrogen and oxygen atoms in total. The number of hydrogen-bond donors (Lipinski definition) is 1. The second-order valence-corrected chi connectivity index (χ2v) is 5.48. The predicted molar refractivity (Wildman–Crippen MR) is 78.2 cm³/mol. The molecular weight excluding hydrogens is 254 g/mol. The first-order chi connectivity index (χ1) is 9.38. The van der Waals surface area contributed by atoms with Gasteiger partial charge >= 0.3 is 0 Å². The Balaban J connectivity index is 2.20. The molecule has 0 amide bonds. The van der Waals surface area contributed by atoms with Gasteiger partial charge in [0.1, 0.15) is 5.75 Å². The van der Waals surface area contributed by atoms with Gasteiger partial charge in [-0.2, -0.15) is 9.97 Å². The summed E-state index contributed by atoms with van der Waals surface area (Å²) in [6.07, 6.45) is 0. The molecule has 0 unspecified atom stereocenters. The molecule has 0 saturated carbocycles. The maximum absolute atomic E-state index is 5.66. The lowest BCUT2D eigenvalue weighted by atomic mass is 9.87. The van der Waals surface area contributed by atoms with Crippen molar-refractivity contribution in [1.29, 1.82) is 0 Å². The van der Waals surface area contributed by atoms with E-state index in [9.17, 15) is 0 Å². The number of ether oxygens (including phenoxy) is 2. The number of aromatic nitrogens is 2. The van der Waals surface area contributed by atoms with Gasteiger partial charge in [0.25, 0.3) is 0 Å². The van der Waals surface area contributed by atoms with E-state index in [1.807, 2.05) is 24.3 Å². The molecule has 1 aromatic heterocycles. The Morgan fingerprint density at radius 3 is 2.15 bits per heavy atom. The Hall–Kier alpha value is -2.30. The van der Waals surface area contributed by atoms with E-state index in [0.29, 0.717) is 17.5 Å². The summed E-state index contributed by atoms with van der Waals surface area (Å²) in [5.74, 6) is 1.54. The number of hydrogen-bond acceptors (Lipinski definition) is 5. The summed E-state index contributed by atoms with van der Waals surface area (Å²) >= 11 is 0. The number of benzene rings is 1. The van der Waals surface area contributed by atoms with Gasteiger partial charge in [-0.15, -0.1) is 0 Å². The summed E-state index contributed by atoms with van der Waals surface area (Å²) in [6, 6.07) is 9.49.